The standard InChI is InChI=1S/C12H20O6/c1-11(2)14-5-6(16-11)7-8-9(10(13)15-7)18-12(3,4)17-8/h6-10,13H,5H2,1-4H3/t6-,7+,8-,9+,10-/m1/s1. The van der Waals surface area contributed by atoms with Crippen molar-refractivity contribution in [3.63, 3.8) is 0 Å². The third-order valence-electron chi connectivity index (χ3n) is 3.46. The van der Waals surface area contributed by atoms with Gasteiger partial charge in [-0.1, -0.05) is 0 Å². The molecule has 3 fully saturated rings. The summed E-state index contributed by atoms with van der Waals surface area (Å²) >= 11 is 0. The number of aliphatic hydroxyl groups excluding tert-OH is 1. The SMILES string of the molecule is CC1(C)O[C@@H]2[C@H]([C@H]3COC(C)(C)O3)O[C@@H](O)[C@H]2O1. The maximum absolute atomic E-state index is 9.87. The second kappa shape index (κ2) is 3.88. The minimum absolute atomic E-state index is 0.248. The molecule has 0 unspecified atom stereocenters. The van der Waals surface area contributed by atoms with Gasteiger partial charge in [-0.15, -0.1) is 0 Å². The van der Waals surface area contributed by atoms with Crippen LogP contribution in [-0.4, -0.2) is 54.0 Å². The Kier molecular flexibility index (Phi) is 2.75. The molecule has 0 aromatic heterocycles. The molecule has 3 aliphatic heterocycles. The lowest BCUT2D eigenvalue weighted by Crippen LogP contribution is -2.40. The van der Waals surface area contributed by atoms with Crippen molar-refractivity contribution in [3.05, 3.63) is 0 Å². The van der Waals surface area contributed by atoms with Gasteiger partial charge in [-0.2, -0.15) is 0 Å². The molecule has 0 spiro atoms. The van der Waals surface area contributed by atoms with Gasteiger partial charge in [0.1, 0.15) is 24.4 Å². The monoisotopic (exact) mass is 260 g/mol. The zero-order chi connectivity index (χ0) is 13.1. The van der Waals surface area contributed by atoms with E-state index in [1.54, 1.807) is 0 Å². The molecule has 6 heteroatoms. The van der Waals surface area contributed by atoms with Crippen molar-refractivity contribution in [2.45, 2.75) is 70.0 Å². The lowest BCUT2D eigenvalue weighted by Gasteiger charge is -2.26. The Bertz CT molecular complexity index is 341. The fourth-order valence-corrected chi connectivity index (χ4v) is 2.78. The molecule has 0 aromatic rings. The van der Waals surface area contributed by atoms with Gasteiger partial charge in [0.25, 0.3) is 0 Å². The lowest BCUT2D eigenvalue weighted by atomic mass is 10.1. The van der Waals surface area contributed by atoms with Crippen molar-refractivity contribution in [3.8, 4) is 0 Å². The first-order chi connectivity index (χ1) is 8.27. The van der Waals surface area contributed by atoms with Crippen molar-refractivity contribution in [2.75, 3.05) is 6.61 Å². The molecule has 1 N–H and O–H groups in total. The Morgan fingerprint density at radius 1 is 0.889 bits per heavy atom. The summed E-state index contributed by atoms with van der Waals surface area (Å²) < 4.78 is 28.2. The fourth-order valence-electron chi connectivity index (χ4n) is 2.78. The van der Waals surface area contributed by atoms with Crippen LogP contribution in [0.15, 0.2) is 0 Å². The van der Waals surface area contributed by atoms with E-state index in [0.29, 0.717) is 6.61 Å². The van der Waals surface area contributed by atoms with E-state index in [9.17, 15) is 5.11 Å². The highest BCUT2D eigenvalue weighted by molar-refractivity contribution is 4.99. The van der Waals surface area contributed by atoms with Crippen molar-refractivity contribution in [1.82, 2.24) is 0 Å². The summed E-state index contributed by atoms with van der Waals surface area (Å²) in [6.45, 7) is 7.78. The van der Waals surface area contributed by atoms with E-state index >= 15 is 0 Å². The van der Waals surface area contributed by atoms with Gasteiger partial charge in [0.2, 0.25) is 0 Å². The second-order valence-electron chi connectivity index (χ2n) is 5.92. The summed E-state index contributed by atoms with van der Waals surface area (Å²) in [6.07, 6.45) is -2.38. The van der Waals surface area contributed by atoms with Crippen LogP contribution < -0.4 is 0 Å². The Balaban J connectivity index is 1.75. The summed E-state index contributed by atoms with van der Waals surface area (Å²) in [5.74, 6) is -1.32. The summed E-state index contributed by atoms with van der Waals surface area (Å²) in [6, 6.07) is 0. The van der Waals surface area contributed by atoms with Crippen LogP contribution in [0.2, 0.25) is 0 Å². The molecule has 18 heavy (non-hydrogen) atoms. The summed E-state index contributed by atoms with van der Waals surface area (Å²) in [5, 5.41) is 9.87. The van der Waals surface area contributed by atoms with Crippen LogP contribution in [0.4, 0.5) is 0 Å². The average molecular weight is 260 g/mol. The predicted molar refractivity (Wildman–Crippen MR) is 59.6 cm³/mol. The first-order valence-corrected chi connectivity index (χ1v) is 6.28. The molecule has 3 saturated heterocycles. The van der Waals surface area contributed by atoms with Gasteiger partial charge < -0.3 is 28.8 Å². The van der Waals surface area contributed by atoms with Gasteiger partial charge in [-0.05, 0) is 27.7 Å². The molecule has 104 valence electrons. The van der Waals surface area contributed by atoms with E-state index in [0.717, 1.165) is 0 Å². The van der Waals surface area contributed by atoms with E-state index in [1.807, 2.05) is 27.7 Å². The highest BCUT2D eigenvalue weighted by atomic mass is 16.8. The van der Waals surface area contributed by atoms with Crippen LogP contribution in [0.1, 0.15) is 27.7 Å². The first kappa shape index (κ1) is 12.8. The number of rotatable bonds is 1. The minimum Gasteiger partial charge on any atom is -0.366 e. The van der Waals surface area contributed by atoms with Crippen LogP contribution >= 0.6 is 0 Å². The van der Waals surface area contributed by atoms with E-state index in [1.165, 1.54) is 0 Å². The number of fused-ring (bicyclic) bond motifs is 1. The normalized spacial score (nSPS) is 49.5. The van der Waals surface area contributed by atoms with Gasteiger partial charge in [0.05, 0.1) is 6.61 Å². The molecule has 6 nitrogen and oxygen atoms in total. The number of hydrogen-bond donors (Lipinski definition) is 1. The van der Waals surface area contributed by atoms with Gasteiger partial charge in [0.15, 0.2) is 17.9 Å². The number of hydrogen-bond acceptors (Lipinski definition) is 6. The Hall–Kier alpha value is -0.240. The highest BCUT2D eigenvalue weighted by Gasteiger charge is 2.58. The topological polar surface area (TPSA) is 66.4 Å². The summed E-state index contributed by atoms with van der Waals surface area (Å²) in [5.41, 5.74) is 0. The van der Waals surface area contributed by atoms with Gasteiger partial charge >= 0.3 is 0 Å². The van der Waals surface area contributed by atoms with E-state index in [4.69, 9.17) is 23.7 Å². The molecule has 0 radical (unpaired) electrons. The van der Waals surface area contributed by atoms with E-state index in [2.05, 4.69) is 0 Å². The predicted octanol–water partition coefficient (Wildman–Crippen LogP) is 0.375. The molecule has 0 saturated carbocycles. The lowest BCUT2D eigenvalue weighted by molar-refractivity contribution is -0.236. The number of ether oxygens (including phenoxy) is 5. The quantitative estimate of drug-likeness (QED) is 0.735. The molecular formula is C12H20O6. The van der Waals surface area contributed by atoms with Crippen molar-refractivity contribution in [1.29, 1.82) is 0 Å². The largest absolute Gasteiger partial charge is 0.366 e. The van der Waals surface area contributed by atoms with E-state index in [-0.39, 0.29) is 18.3 Å². The Morgan fingerprint density at radius 2 is 1.56 bits per heavy atom. The molecular weight excluding hydrogens is 240 g/mol. The molecule has 3 heterocycles. The summed E-state index contributed by atoms with van der Waals surface area (Å²) in [7, 11) is 0. The summed E-state index contributed by atoms with van der Waals surface area (Å²) in [4.78, 5) is 0. The van der Waals surface area contributed by atoms with Crippen LogP contribution in [0.5, 0.6) is 0 Å². The Labute approximate surface area is 106 Å². The fraction of sp³-hybridized carbons (Fsp3) is 1.00. The average Bonchev–Trinajstić information content (AvgIpc) is 2.81. The maximum Gasteiger partial charge on any atom is 0.184 e. The zero-order valence-electron chi connectivity index (χ0n) is 11.1. The molecule has 5 atom stereocenters. The van der Waals surface area contributed by atoms with Crippen LogP contribution in [0, 0.1) is 0 Å². The maximum atomic E-state index is 9.87. The van der Waals surface area contributed by atoms with E-state index < -0.39 is 24.0 Å². The molecule has 0 aromatic carbocycles. The minimum atomic E-state index is -0.978. The molecule has 3 aliphatic rings. The number of aliphatic hydroxyl groups is 1. The molecule has 0 bridgehead atoms. The van der Waals surface area contributed by atoms with Crippen LogP contribution in [0.3, 0.4) is 0 Å². The van der Waals surface area contributed by atoms with Gasteiger partial charge in [-0.3, -0.25) is 0 Å². The van der Waals surface area contributed by atoms with Crippen LogP contribution in [0.25, 0.3) is 0 Å². The van der Waals surface area contributed by atoms with Crippen molar-refractivity contribution in [2.24, 2.45) is 0 Å². The third-order valence-corrected chi connectivity index (χ3v) is 3.46. The molecule has 3 rings (SSSR count). The molecule has 0 amide bonds. The van der Waals surface area contributed by atoms with Gasteiger partial charge in [-0.25, -0.2) is 0 Å². The zero-order valence-corrected chi connectivity index (χ0v) is 11.1. The highest BCUT2D eigenvalue weighted by Crippen LogP contribution is 2.41. The smallest absolute Gasteiger partial charge is 0.184 e. The first-order valence-electron chi connectivity index (χ1n) is 6.28. The van der Waals surface area contributed by atoms with Crippen molar-refractivity contribution < 1.29 is 28.8 Å². The third kappa shape index (κ3) is 2.07. The van der Waals surface area contributed by atoms with Crippen molar-refractivity contribution >= 4 is 0 Å². The second-order valence-corrected chi connectivity index (χ2v) is 5.92. The van der Waals surface area contributed by atoms with Gasteiger partial charge in [0, 0.05) is 0 Å². The Morgan fingerprint density at radius 3 is 2.17 bits per heavy atom. The molecule has 0 aliphatic carbocycles. The van der Waals surface area contributed by atoms with Crippen LogP contribution in [-0.2, 0) is 23.7 Å².